The van der Waals surface area contributed by atoms with E-state index in [0.29, 0.717) is 22.6 Å². The highest BCUT2D eigenvalue weighted by atomic mass is 16.6. The van der Waals surface area contributed by atoms with Crippen molar-refractivity contribution < 1.29 is 4.92 Å². The molecule has 1 aliphatic rings. The summed E-state index contributed by atoms with van der Waals surface area (Å²) in [6.07, 6.45) is 1.28. The fourth-order valence-corrected chi connectivity index (χ4v) is 2.65. The predicted octanol–water partition coefficient (Wildman–Crippen LogP) is 3.08. The van der Waals surface area contributed by atoms with Gasteiger partial charge in [-0.1, -0.05) is 27.7 Å². The molecule has 18 heavy (non-hydrogen) atoms. The van der Waals surface area contributed by atoms with Gasteiger partial charge in [-0.15, -0.1) is 0 Å². The Bertz CT molecular complexity index is 452. The standard InChI is InChI=1S/C13H19N3O2/c1-12(2)10(13(12,3)4)8-15-11-6-5-9(7-14-11)16(17)18/h5-7,10H,8H2,1-4H3,(H,14,15). The molecule has 98 valence electrons. The van der Waals surface area contributed by atoms with Crippen molar-refractivity contribution in [2.45, 2.75) is 27.7 Å². The fourth-order valence-electron chi connectivity index (χ4n) is 2.65. The summed E-state index contributed by atoms with van der Waals surface area (Å²) in [5.41, 5.74) is 0.689. The van der Waals surface area contributed by atoms with Crippen LogP contribution in [0.5, 0.6) is 0 Å². The average molecular weight is 249 g/mol. The van der Waals surface area contributed by atoms with Crippen LogP contribution in [-0.4, -0.2) is 16.5 Å². The van der Waals surface area contributed by atoms with Crippen LogP contribution in [0.4, 0.5) is 11.5 Å². The van der Waals surface area contributed by atoms with E-state index in [4.69, 9.17) is 0 Å². The first-order valence-corrected chi connectivity index (χ1v) is 6.11. The Morgan fingerprint density at radius 1 is 1.33 bits per heavy atom. The Hall–Kier alpha value is -1.65. The molecule has 1 aliphatic carbocycles. The van der Waals surface area contributed by atoms with Gasteiger partial charge in [0.25, 0.3) is 5.69 Å². The van der Waals surface area contributed by atoms with Crippen LogP contribution >= 0.6 is 0 Å². The molecule has 0 bridgehead atoms. The third-order valence-corrected chi connectivity index (χ3v) is 4.77. The summed E-state index contributed by atoms with van der Waals surface area (Å²) in [6, 6.07) is 3.12. The third kappa shape index (κ3) is 1.94. The van der Waals surface area contributed by atoms with Crippen LogP contribution in [0.1, 0.15) is 27.7 Å². The lowest BCUT2D eigenvalue weighted by Gasteiger charge is -2.06. The SMILES string of the molecule is CC1(C)C(CNc2ccc([N+](=O)[O-])cn2)C1(C)C. The summed E-state index contributed by atoms with van der Waals surface area (Å²) in [6.45, 7) is 9.92. The Kier molecular flexibility index (Phi) is 2.80. The third-order valence-electron chi connectivity index (χ3n) is 4.77. The van der Waals surface area contributed by atoms with E-state index in [1.165, 1.54) is 12.3 Å². The first kappa shape index (κ1) is 12.8. The zero-order chi connectivity index (χ0) is 13.6. The average Bonchev–Trinajstić information content (AvgIpc) is 2.67. The molecule has 1 fully saturated rings. The summed E-state index contributed by atoms with van der Waals surface area (Å²) in [7, 11) is 0. The summed E-state index contributed by atoms with van der Waals surface area (Å²) in [5.74, 6) is 1.29. The Morgan fingerprint density at radius 2 is 1.94 bits per heavy atom. The van der Waals surface area contributed by atoms with E-state index in [1.54, 1.807) is 6.07 Å². The molecule has 1 aromatic rings. The van der Waals surface area contributed by atoms with Crippen LogP contribution in [0.2, 0.25) is 0 Å². The minimum atomic E-state index is -0.441. The topological polar surface area (TPSA) is 68.1 Å². The summed E-state index contributed by atoms with van der Waals surface area (Å²) >= 11 is 0. The molecule has 0 spiro atoms. The van der Waals surface area contributed by atoms with Crippen molar-refractivity contribution in [3.05, 3.63) is 28.4 Å². The molecule has 0 atom stereocenters. The molecule has 1 N–H and O–H groups in total. The van der Waals surface area contributed by atoms with Gasteiger partial charge in [0.15, 0.2) is 0 Å². The minimum absolute atomic E-state index is 0.0210. The van der Waals surface area contributed by atoms with Crippen LogP contribution in [0.3, 0.4) is 0 Å². The Balaban J connectivity index is 1.94. The maximum Gasteiger partial charge on any atom is 0.287 e. The van der Waals surface area contributed by atoms with Gasteiger partial charge in [0.05, 0.1) is 4.92 Å². The van der Waals surface area contributed by atoms with E-state index in [1.807, 2.05) is 0 Å². The Morgan fingerprint density at radius 3 is 2.33 bits per heavy atom. The molecule has 2 rings (SSSR count). The molecule has 0 radical (unpaired) electrons. The molecule has 0 amide bonds. The van der Waals surface area contributed by atoms with E-state index < -0.39 is 4.92 Å². The summed E-state index contributed by atoms with van der Waals surface area (Å²) < 4.78 is 0. The molecule has 1 saturated carbocycles. The van der Waals surface area contributed by atoms with Crippen LogP contribution < -0.4 is 5.32 Å². The largest absolute Gasteiger partial charge is 0.370 e. The normalized spacial score (nSPS) is 20.4. The predicted molar refractivity (Wildman–Crippen MR) is 70.4 cm³/mol. The second kappa shape index (κ2) is 3.93. The van der Waals surface area contributed by atoms with Crippen LogP contribution in [0.15, 0.2) is 18.3 Å². The maximum atomic E-state index is 10.5. The van der Waals surface area contributed by atoms with Gasteiger partial charge in [-0.2, -0.15) is 0 Å². The number of rotatable bonds is 4. The quantitative estimate of drug-likeness (QED) is 0.657. The smallest absolute Gasteiger partial charge is 0.287 e. The fraction of sp³-hybridized carbons (Fsp3) is 0.615. The lowest BCUT2D eigenvalue weighted by atomic mass is 10.0. The second-order valence-electron chi connectivity index (χ2n) is 6.04. The number of anilines is 1. The van der Waals surface area contributed by atoms with Gasteiger partial charge in [-0.3, -0.25) is 10.1 Å². The van der Waals surface area contributed by atoms with Gasteiger partial charge in [0, 0.05) is 12.6 Å². The van der Waals surface area contributed by atoms with Crippen molar-refractivity contribution in [1.82, 2.24) is 4.98 Å². The van der Waals surface area contributed by atoms with Gasteiger partial charge >= 0.3 is 0 Å². The van der Waals surface area contributed by atoms with Crippen molar-refractivity contribution >= 4 is 11.5 Å². The van der Waals surface area contributed by atoms with Gasteiger partial charge < -0.3 is 5.32 Å². The number of pyridine rings is 1. The van der Waals surface area contributed by atoms with Gasteiger partial charge in [0.2, 0.25) is 0 Å². The van der Waals surface area contributed by atoms with Crippen LogP contribution in [-0.2, 0) is 0 Å². The second-order valence-corrected chi connectivity index (χ2v) is 6.04. The number of hydrogen-bond donors (Lipinski definition) is 1. The lowest BCUT2D eigenvalue weighted by molar-refractivity contribution is -0.385. The van der Waals surface area contributed by atoms with Crippen LogP contribution in [0, 0.1) is 26.9 Å². The highest BCUT2D eigenvalue weighted by Crippen LogP contribution is 2.68. The number of nitrogens with zero attached hydrogens (tertiary/aromatic N) is 2. The number of hydrogen-bond acceptors (Lipinski definition) is 4. The Labute approximate surface area is 107 Å². The lowest BCUT2D eigenvalue weighted by Crippen LogP contribution is -2.09. The molecule has 0 saturated heterocycles. The van der Waals surface area contributed by atoms with Crippen LogP contribution in [0.25, 0.3) is 0 Å². The van der Waals surface area contributed by atoms with Crippen molar-refractivity contribution in [1.29, 1.82) is 0 Å². The molecular weight excluding hydrogens is 230 g/mol. The number of nitro groups is 1. The van der Waals surface area contributed by atoms with E-state index in [9.17, 15) is 10.1 Å². The molecule has 0 aromatic carbocycles. The molecule has 5 heteroatoms. The molecule has 0 unspecified atom stereocenters. The zero-order valence-electron chi connectivity index (χ0n) is 11.2. The van der Waals surface area contributed by atoms with E-state index in [0.717, 1.165) is 6.54 Å². The van der Waals surface area contributed by atoms with Crippen molar-refractivity contribution in [3.8, 4) is 0 Å². The zero-order valence-corrected chi connectivity index (χ0v) is 11.2. The maximum absolute atomic E-state index is 10.5. The van der Waals surface area contributed by atoms with Crippen molar-refractivity contribution in [3.63, 3.8) is 0 Å². The van der Waals surface area contributed by atoms with Crippen molar-refractivity contribution in [2.24, 2.45) is 16.7 Å². The molecule has 1 aromatic heterocycles. The molecule has 1 heterocycles. The monoisotopic (exact) mass is 249 g/mol. The summed E-state index contributed by atoms with van der Waals surface area (Å²) in [5, 5.41) is 13.8. The molecule has 0 aliphatic heterocycles. The van der Waals surface area contributed by atoms with Crippen molar-refractivity contribution in [2.75, 3.05) is 11.9 Å². The number of nitrogens with one attached hydrogen (secondary N) is 1. The highest BCUT2D eigenvalue weighted by molar-refractivity contribution is 5.40. The summed E-state index contributed by atoms with van der Waals surface area (Å²) in [4.78, 5) is 14.1. The van der Waals surface area contributed by atoms with E-state index >= 15 is 0 Å². The first-order valence-electron chi connectivity index (χ1n) is 6.11. The highest BCUT2D eigenvalue weighted by Gasteiger charge is 2.64. The van der Waals surface area contributed by atoms with Gasteiger partial charge in [0.1, 0.15) is 12.0 Å². The minimum Gasteiger partial charge on any atom is -0.370 e. The number of aromatic nitrogens is 1. The van der Waals surface area contributed by atoms with E-state index in [2.05, 4.69) is 38.0 Å². The molecular formula is C13H19N3O2. The van der Waals surface area contributed by atoms with E-state index in [-0.39, 0.29) is 5.69 Å². The van der Waals surface area contributed by atoms with Gasteiger partial charge in [-0.25, -0.2) is 4.98 Å². The first-order chi connectivity index (χ1) is 8.26. The molecule has 5 nitrogen and oxygen atoms in total. The van der Waals surface area contributed by atoms with Gasteiger partial charge in [-0.05, 0) is 22.8 Å².